The lowest BCUT2D eigenvalue weighted by Gasteiger charge is -2.46. The molecule has 3 heterocycles. The Hall–Kier alpha value is -7.16. The number of nitro groups is 1. The van der Waals surface area contributed by atoms with Gasteiger partial charge >= 0.3 is 12.1 Å². The third-order valence-electron chi connectivity index (χ3n) is 11.3. The number of carbonyl (C=O) groups is 4. The first-order valence-corrected chi connectivity index (χ1v) is 19.3. The van der Waals surface area contributed by atoms with Gasteiger partial charge in [-0.25, -0.2) is 9.69 Å². The molecule has 0 aliphatic carbocycles. The lowest BCUT2D eigenvalue weighted by Crippen LogP contribution is -2.55. The van der Waals surface area contributed by atoms with E-state index in [0.29, 0.717) is 28.0 Å². The van der Waals surface area contributed by atoms with Gasteiger partial charge in [0.1, 0.15) is 36.5 Å². The van der Waals surface area contributed by atoms with Crippen LogP contribution >= 0.6 is 0 Å². The highest BCUT2D eigenvalue weighted by Crippen LogP contribution is 2.65. The van der Waals surface area contributed by atoms with Gasteiger partial charge < -0.3 is 24.6 Å². The number of anilines is 1. The van der Waals surface area contributed by atoms with Crippen LogP contribution in [0.3, 0.4) is 0 Å². The number of morpholine rings is 1. The number of fused-ring (bicyclic) bond motifs is 3. The van der Waals surface area contributed by atoms with Crippen LogP contribution in [-0.2, 0) is 35.9 Å². The molecule has 3 amide bonds. The summed E-state index contributed by atoms with van der Waals surface area (Å²) in [4.78, 5) is 73.7. The number of cyclic esters (lactones) is 1. The predicted octanol–water partition coefficient (Wildman–Crippen LogP) is 6.27. The molecule has 14 heteroatoms. The molecule has 0 radical (unpaired) electrons. The number of carbonyl (C=O) groups excluding carboxylic acids is 4. The van der Waals surface area contributed by atoms with Crippen LogP contribution in [0.25, 0.3) is 0 Å². The number of nitrogens with one attached hydrogen (secondary N) is 1. The molecule has 6 atom stereocenters. The quantitative estimate of drug-likeness (QED) is 0.0629. The molecule has 2 fully saturated rings. The normalized spacial score (nSPS) is 23.0. The number of nitrogens with zero attached hydrogens (tertiary/aromatic N) is 3. The van der Waals surface area contributed by atoms with E-state index in [4.69, 9.17) is 14.2 Å². The molecule has 1 spiro atoms. The first-order valence-electron chi connectivity index (χ1n) is 19.3. The van der Waals surface area contributed by atoms with Crippen molar-refractivity contribution in [1.82, 2.24) is 10.2 Å². The molecule has 5 aromatic carbocycles. The average Bonchev–Trinajstić information content (AvgIpc) is 3.74. The van der Waals surface area contributed by atoms with E-state index >= 15 is 4.79 Å². The van der Waals surface area contributed by atoms with Crippen LogP contribution in [0.5, 0.6) is 5.75 Å². The highest BCUT2D eigenvalue weighted by atomic mass is 16.6. The summed E-state index contributed by atoms with van der Waals surface area (Å²) in [5.74, 6) is -3.20. The fourth-order valence-electron chi connectivity index (χ4n) is 8.96. The second kappa shape index (κ2) is 16.6. The molecule has 0 bridgehead atoms. The molecule has 14 nitrogen and oxygen atoms in total. The smallest absolute Gasteiger partial charge is 0.421 e. The number of esters is 1. The van der Waals surface area contributed by atoms with Crippen molar-refractivity contribution >= 4 is 35.3 Å². The summed E-state index contributed by atoms with van der Waals surface area (Å²) in [6, 6.07) is 34.4. The van der Waals surface area contributed by atoms with Gasteiger partial charge in [-0.2, -0.15) is 0 Å². The number of hydrogen-bond acceptors (Lipinski definition) is 11. The third-order valence-corrected chi connectivity index (χ3v) is 11.3. The number of non-ortho nitro benzene ring substituents is 1. The van der Waals surface area contributed by atoms with Crippen LogP contribution in [-0.4, -0.2) is 64.6 Å². The topological polar surface area (TPSA) is 178 Å². The highest BCUT2D eigenvalue weighted by Gasteiger charge is 2.75. The monoisotopic (exact) mass is 808 g/mol. The van der Waals surface area contributed by atoms with Gasteiger partial charge in [0.2, 0.25) is 11.8 Å². The number of aliphatic hydroxyl groups is 1. The van der Waals surface area contributed by atoms with E-state index < -0.39 is 64.4 Å². The minimum atomic E-state index is -1.95. The number of hydrogen-bond donors (Lipinski definition) is 2. The largest absolute Gasteiger partial charge is 0.491 e. The van der Waals surface area contributed by atoms with Crippen molar-refractivity contribution in [3.8, 4) is 5.75 Å². The third kappa shape index (κ3) is 6.74. The van der Waals surface area contributed by atoms with Gasteiger partial charge in [-0.15, -0.1) is 6.58 Å². The van der Waals surface area contributed by atoms with Gasteiger partial charge in [0.15, 0.2) is 0 Å². The van der Waals surface area contributed by atoms with Gasteiger partial charge in [-0.3, -0.25) is 29.4 Å². The Balaban J connectivity index is 1.35. The summed E-state index contributed by atoms with van der Waals surface area (Å²) in [6.45, 7) is 3.27. The molecule has 3 aliphatic rings. The zero-order valence-electron chi connectivity index (χ0n) is 32.2. The van der Waals surface area contributed by atoms with Gasteiger partial charge in [-0.1, -0.05) is 97.1 Å². The van der Waals surface area contributed by atoms with Gasteiger partial charge in [-0.05, 0) is 58.1 Å². The van der Waals surface area contributed by atoms with E-state index in [0.717, 1.165) is 10.5 Å². The Morgan fingerprint density at radius 3 is 2.15 bits per heavy atom. The van der Waals surface area contributed by atoms with E-state index in [1.807, 2.05) is 65.6 Å². The van der Waals surface area contributed by atoms with Gasteiger partial charge in [0.25, 0.3) is 5.69 Å². The molecule has 8 rings (SSSR count). The Morgan fingerprint density at radius 2 is 1.50 bits per heavy atom. The van der Waals surface area contributed by atoms with Crippen molar-refractivity contribution in [2.45, 2.75) is 36.3 Å². The van der Waals surface area contributed by atoms with Gasteiger partial charge in [0.05, 0.1) is 35.2 Å². The summed E-state index contributed by atoms with van der Waals surface area (Å²) >= 11 is 0. The zero-order valence-corrected chi connectivity index (χ0v) is 32.2. The summed E-state index contributed by atoms with van der Waals surface area (Å²) in [5, 5.41) is 23.6. The number of ether oxygens (including phenoxy) is 3. The maximum Gasteiger partial charge on any atom is 0.421 e. The average molecular weight is 809 g/mol. The first-order chi connectivity index (χ1) is 29.2. The number of nitro benzene ring substituents is 1. The SMILES string of the molecule is C=CCNC(=O)C1C2C(=O)OC(c3ccccc3)C(c3ccccc3)N2C(c2ccc(OCCO)cc2)C12C(=O)N(C(=O)OCc1ccc([N+](=O)[O-])cc1)c1ccccc12. The number of imide groups is 1. The van der Waals surface area contributed by atoms with Crippen LogP contribution in [0.2, 0.25) is 0 Å². The van der Waals surface area contributed by atoms with Crippen molar-refractivity contribution in [2.75, 3.05) is 24.7 Å². The van der Waals surface area contributed by atoms with Crippen molar-refractivity contribution in [3.63, 3.8) is 0 Å². The van der Waals surface area contributed by atoms with E-state index in [1.165, 1.54) is 30.3 Å². The molecule has 6 unspecified atom stereocenters. The van der Waals surface area contributed by atoms with Crippen molar-refractivity contribution in [2.24, 2.45) is 5.92 Å². The molecular weight excluding hydrogens is 769 g/mol. The van der Waals surface area contributed by atoms with Crippen molar-refractivity contribution < 1.29 is 43.4 Å². The van der Waals surface area contributed by atoms with E-state index in [2.05, 4.69) is 11.9 Å². The Bertz CT molecular complexity index is 2430. The van der Waals surface area contributed by atoms with Crippen LogP contribution in [0.4, 0.5) is 16.2 Å². The number of amides is 3. The highest BCUT2D eigenvalue weighted by molar-refractivity contribution is 6.23. The number of benzene rings is 5. The summed E-state index contributed by atoms with van der Waals surface area (Å²) in [6.07, 6.45) is -0.453. The van der Waals surface area contributed by atoms with Crippen LogP contribution in [0.1, 0.15) is 46.0 Å². The predicted molar refractivity (Wildman–Crippen MR) is 217 cm³/mol. The molecule has 0 saturated carbocycles. The summed E-state index contributed by atoms with van der Waals surface area (Å²) in [7, 11) is 0. The number of para-hydroxylation sites is 1. The summed E-state index contributed by atoms with van der Waals surface area (Å²) in [5.41, 5.74) is 0.781. The van der Waals surface area contributed by atoms with Crippen LogP contribution in [0, 0.1) is 16.0 Å². The van der Waals surface area contributed by atoms with Crippen LogP contribution < -0.4 is 15.0 Å². The fraction of sp³-hybridized carbons (Fsp3) is 0.217. The molecule has 304 valence electrons. The molecule has 2 N–H and O–H groups in total. The molecule has 0 aromatic heterocycles. The second-order valence-corrected chi connectivity index (χ2v) is 14.6. The molecule has 3 aliphatic heterocycles. The molecule has 2 saturated heterocycles. The standard InChI is InChI=1S/C46H40N4O10/c1-2-25-47-42(52)37-39-43(53)60-40(31-13-7-4-8-14-31)38(30-11-5-3-6-12-30)49(39)41(32-19-23-34(24-20-32)58-27-26-51)46(37)35-15-9-10-16-36(35)48(44(46)54)45(55)59-28-29-17-21-33(22-18-29)50(56)57/h2-24,37-41,51H,1,25-28H2,(H,47,52). The minimum Gasteiger partial charge on any atom is -0.491 e. The number of rotatable bonds is 12. The van der Waals surface area contributed by atoms with E-state index in [9.17, 15) is 29.6 Å². The Labute approximate surface area is 344 Å². The number of aliphatic hydroxyl groups excluding tert-OH is 1. The van der Waals surface area contributed by atoms with Crippen molar-refractivity contribution in [3.05, 3.63) is 184 Å². The van der Waals surface area contributed by atoms with Gasteiger partial charge in [0, 0.05) is 18.7 Å². The second-order valence-electron chi connectivity index (χ2n) is 14.6. The van der Waals surface area contributed by atoms with E-state index in [-0.39, 0.29) is 37.7 Å². The first kappa shape index (κ1) is 39.7. The minimum absolute atomic E-state index is 0.0142. The maximum absolute atomic E-state index is 15.9. The van der Waals surface area contributed by atoms with E-state index in [1.54, 1.807) is 48.5 Å². The van der Waals surface area contributed by atoms with Crippen molar-refractivity contribution in [1.29, 1.82) is 0 Å². The molecule has 60 heavy (non-hydrogen) atoms. The molecular formula is C46H40N4O10. The Morgan fingerprint density at radius 1 is 0.850 bits per heavy atom. The maximum atomic E-state index is 15.9. The van der Waals surface area contributed by atoms with Crippen LogP contribution in [0.15, 0.2) is 146 Å². The molecule has 5 aromatic rings. The Kier molecular flexibility index (Phi) is 11.0. The lowest BCUT2D eigenvalue weighted by atomic mass is 9.65. The zero-order chi connectivity index (χ0) is 42.0. The lowest BCUT2D eigenvalue weighted by molar-refractivity contribution is -0.384. The fourth-order valence-corrected chi connectivity index (χ4v) is 8.96. The summed E-state index contributed by atoms with van der Waals surface area (Å²) < 4.78 is 17.9.